The standard InChI is InChI=1S/C14H17FN2O2/c1-2-17-7-5-14(6-8-17)11-9-10(15)3-4-12(11)16-13(18)19-14/h3-4,9H,2,5-8H2,1H3,(H,16,18). The number of amides is 1. The summed E-state index contributed by atoms with van der Waals surface area (Å²) in [5, 5.41) is 2.64. The second-order valence-electron chi connectivity index (χ2n) is 5.13. The first-order valence-corrected chi connectivity index (χ1v) is 6.65. The number of rotatable bonds is 1. The van der Waals surface area contributed by atoms with Crippen LogP contribution < -0.4 is 5.32 Å². The Morgan fingerprint density at radius 2 is 2.16 bits per heavy atom. The Balaban J connectivity index is 1.98. The third-order valence-corrected chi connectivity index (χ3v) is 4.11. The molecule has 1 amide bonds. The van der Waals surface area contributed by atoms with Gasteiger partial charge in [0.25, 0.3) is 0 Å². The monoisotopic (exact) mass is 264 g/mol. The second kappa shape index (κ2) is 4.49. The smallest absolute Gasteiger partial charge is 0.412 e. The highest BCUT2D eigenvalue weighted by atomic mass is 19.1. The van der Waals surface area contributed by atoms with E-state index in [1.807, 2.05) is 0 Å². The zero-order valence-corrected chi connectivity index (χ0v) is 10.9. The van der Waals surface area contributed by atoms with E-state index in [1.165, 1.54) is 12.1 Å². The molecule has 1 spiro atoms. The number of carbonyl (C=O) groups is 1. The molecular weight excluding hydrogens is 247 g/mol. The van der Waals surface area contributed by atoms with Crippen molar-refractivity contribution in [2.24, 2.45) is 0 Å². The van der Waals surface area contributed by atoms with E-state index in [2.05, 4.69) is 17.1 Å². The average Bonchev–Trinajstić information content (AvgIpc) is 2.41. The van der Waals surface area contributed by atoms with Crippen LogP contribution in [0.2, 0.25) is 0 Å². The zero-order valence-electron chi connectivity index (χ0n) is 10.9. The minimum absolute atomic E-state index is 0.296. The molecule has 5 heteroatoms. The summed E-state index contributed by atoms with van der Waals surface area (Å²) in [6.07, 6.45) is 0.985. The van der Waals surface area contributed by atoms with Crippen molar-refractivity contribution in [3.8, 4) is 0 Å². The van der Waals surface area contributed by atoms with E-state index < -0.39 is 11.7 Å². The number of hydrogen-bond donors (Lipinski definition) is 1. The molecule has 1 aromatic rings. The number of benzene rings is 1. The number of hydrogen-bond acceptors (Lipinski definition) is 3. The minimum Gasteiger partial charge on any atom is -0.438 e. The van der Waals surface area contributed by atoms with E-state index in [1.54, 1.807) is 6.07 Å². The highest BCUT2D eigenvalue weighted by Crippen LogP contribution is 2.43. The van der Waals surface area contributed by atoms with Gasteiger partial charge in [0.05, 0.1) is 5.69 Å². The summed E-state index contributed by atoms with van der Waals surface area (Å²) >= 11 is 0. The van der Waals surface area contributed by atoms with Crippen molar-refractivity contribution in [3.63, 3.8) is 0 Å². The van der Waals surface area contributed by atoms with Gasteiger partial charge in [0.1, 0.15) is 11.4 Å². The maximum absolute atomic E-state index is 13.5. The van der Waals surface area contributed by atoms with Crippen molar-refractivity contribution in [2.45, 2.75) is 25.4 Å². The number of ether oxygens (including phenoxy) is 1. The van der Waals surface area contributed by atoms with Gasteiger partial charge in [0.2, 0.25) is 0 Å². The van der Waals surface area contributed by atoms with E-state index in [0.29, 0.717) is 18.5 Å². The lowest BCUT2D eigenvalue weighted by Crippen LogP contribution is -2.48. The lowest BCUT2D eigenvalue weighted by Gasteiger charge is -2.44. The van der Waals surface area contributed by atoms with Crippen LogP contribution in [0.1, 0.15) is 25.3 Å². The van der Waals surface area contributed by atoms with E-state index in [4.69, 9.17) is 4.74 Å². The average molecular weight is 264 g/mol. The van der Waals surface area contributed by atoms with Gasteiger partial charge >= 0.3 is 6.09 Å². The van der Waals surface area contributed by atoms with Gasteiger partial charge in [-0.1, -0.05) is 6.92 Å². The molecular formula is C14H17FN2O2. The predicted octanol–water partition coefficient (Wildman–Crippen LogP) is 2.70. The van der Waals surface area contributed by atoms with Gasteiger partial charge in [-0.25, -0.2) is 9.18 Å². The molecule has 3 rings (SSSR count). The van der Waals surface area contributed by atoms with Crippen molar-refractivity contribution in [2.75, 3.05) is 25.0 Å². The third-order valence-electron chi connectivity index (χ3n) is 4.11. The number of anilines is 1. The number of carbonyl (C=O) groups excluding carboxylic acids is 1. The van der Waals surface area contributed by atoms with Gasteiger partial charge in [-0.05, 0) is 24.7 Å². The maximum Gasteiger partial charge on any atom is 0.412 e. The molecule has 0 radical (unpaired) electrons. The number of nitrogens with zero attached hydrogens (tertiary/aromatic N) is 1. The molecule has 19 heavy (non-hydrogen) atoms. The molecule has 0 aliphatic carbocycles. The van der Waals surface area contributed by atoms with Crippen LogP contribution in [0.5, 0.6) is 0 Å². The molecule has 1 saturated heterocycles. The molecule has 2 aliphatic heterocycles. The molecule has 0 saturated carbocycles. The Bertz CT molecular complexity index is 510. The molecule has 1 N–H and O–H groups in total. The SMILES string of the molecule is CCN1CCC2(CC1)OC(=O)Nc1ccc(F)cc12. The lowest BCUT2D eigenvalue weighted by molar-refractivity contribution is -0.0370. The molecule has 1 fully saturated rings. The number of likely N-dealkylation sites (tertiary alicyclic amines) is 1. The second-order valence-corrected chi connectivity index (χ2v) is 5.13. The Morgan fingerprint density at radius 3 is 2.84 bits per heavy atom. The molecule has 4 nitrogen and oxygen atoms in total. The van der Waals surface area contributed by atoms with E-state index in [0.717, 1.165) is 25.2 Å². The van der Waals surface area contributed by atoms with Crippen LogP contribution in [0, 0.1) is 5.82 Å². The van der Waals surface area contributed by atoms with E-state index in [-0.39, 0.29) is 5.82 Å². The largest absolute Gasteiger partial charge is 0.438 e. The summed E-state index contributed by atoms with van der Waals surface area (Å²) in [5.41, 5.74) is 0.774. The van der Waals surface area contributed by atoms with E-state index >= 15 is 0 Å². The fourth-order valence-corrected chi connectivity index (χ4v) is 2.97. The minimum atomic E-state index is -0.661. The van der Waals surface area contributed by atoms with Crippen LogP contribution in [0.3, 0.4) is 0 Å². The summed E-state index contributed by atoms with van der Waals surface area (Å²) in [6, 6.07) is 4.45. The first kappa shape index (κ1) is 12.4. The van der Waals surface area contributed by atoms with Crippen LogP contribution in [0.15, 0.2) is 18.2 Å². The Hall–Kier alpha value is -1.62. The van der Waals surface area contributed by atoms with Gasteiger partial charge in [-0.2, -0.15) is 0 Å². The quantitative estimate of drug-likeness (QED) is 0.848. The topological polar surface area (TPSA) is 41.6 Å². The highest BCUT2D eigenvalue weighted by Gasteiger charge is 2.44. The Labute approximate surface area is 111 Å². The predicted molar refractivity (Wildman–Crippen MR) is 69.5 cm³/mol. The van der Waals surface area contributed by atoms with Crippen molar-refractivity contribution < 1.29 is 13.9 Å². The molecule has 1 aromatic carbocycles. The van der Waals surface area contributed by atoms with E-state index in [9.17, 15) is 9.18 Å². The summed E-state index contributed by atoms with van der Waals surface area (Å²) in [5.74, 6) is -0.296. The van der Waals surface area contributed by atoms with Gasteiger partial charge in [-0.15, -0.1) is 0 Å². The molecule has 0 aromatic heterocycles. The van der Waals surface area contributed by atoms with Gasteiger partial charge in [0.15, 0.2) is 0 Å². The normalized spacial score (nSPS) is 21.7. The van der Waals surface area contributed by atoms with Gasteiger partial charge in [0, 0.05) is 31.5 Å². The zero-order chi connectivity index (χ0) is 13.5. The van der Waals surface area contributed by atoms with Gasteiger partial charge in [-0.3, -0.25) is 5.32 Å². The fraction of sp³-hybridized carbons (Fsp3) is 0.500. The lowest BCUT2D eigenvalue weighted by atomic mass is 9.82. The summed E-state index contributed by atoms with van der Waals surface area (Å²) in [6.45, 7) is 4.82. The summed E-state index contributed by atoms with van der Waals surface area (Å²) in [4.78, 5) is 14.0. The first-order valence-electron chi connectivity index (χ1n) is 6.65. The highest BCUT2D eigenvalue weighted by molar-refractivity contribution is 5.88. The Kier molecular flexibility index (Phi) is 2.93. The summed E-state index contributed by atoms with van der Waals surface area (Å²) in [7, 11) is 0. The van der Waals surface area contributed by atoms with Crippen LogP contribution in [0.25, 0.3) is 0 Å². The molecule has 0 unspecified atom stereocenters. The van der Waals surface area contributed by atoms with Crippen LogP contribution in [0.4, 0.5) is 14.9 Å². The van der Waals surface area contributed by atoms with Crippen molar-refractivity contribution in [1.82, 2.24) is 4.90 Å². The molecule has 0 bridgehead atoms. The molecule has 2 heterocycles. The number of piperidine rings is 1. The number of fused-ring (bicyclic) bond motifs is 2. The van der Waals surface area contributed by atoms with Crippen molar-refractivity contribution in [3.05, 3.63) is 29.6 Å². The molecule has 2 aliphatic rings. The van der Waals surface area contributed by atoms with Crippen LogP contribution >= 0.6 is 0 Å². The Morgan fingerprint density at radius 1 is 1.42 bits per heavy atom. The van der Waals surface area contributed by atoms with Crippen molar-refractivity contribution >= 4 is 11.8 Å². The maximum atomic E-state index is 13.5. The van der Waals surface area contributed by atoms with Crippen molar-refractivity contribution in [1.29, 1.82) is 0 Å². The fourth-order valence-electron chi connectivity index (χ4n) is 2.97. The third kappa shape index (κ3) is 2.08. The number of halogens is 1. The van der Waals surface area contributed by atoms with Gasteiger partial charge < -0.3 is 9.64 Å². The number of nitrogens with one attached hydrogen (secondary N) is 1. The van der Waals surface area contributed by atoms with Crippen LogP contribution in [-0.2, 0) is 10.3 Å². The first-order chi connectivity index (χ1) is 9.13. The summed E-state index contributed by atoms with van der Waals surface area (Å²) < 4.78 is 19.0. The molecule has 102 valence electrons. The van der Waals surface area contributed by atoms with Crippen LogP contribution in [-0.4, -0.2) is 30.6 Å². The molecule has 0 atom stereocenters.